The van der Waals surface area contributed by atoms with Crippen molar-refractivity contribution in [1.82, 2.24) is 5.32 Å². The van der Waals surface area contributed by atoms with Crippen LogP contribution >= 0.6 is 27.5 Å². The third kappa shape index (κ3) is 3.74. The SMILES string of the molecule is COc1cc([C@@H]2CC(=O)NC3=C2C(=O)C[C@@H](c2ccccc2Cl)C3)c(OC)cc1Br. The van der Waals surface area contributed by atoms with Crippen LogP contribution in [0.2, 0.25) is 5.02 Å². The molecule has 1 heterocycles. The fourth-order valence-electron chi connectivity index (χ4n) is 4.41. The number of halogens is 2. The van der Waals surface area contributed by atoms with Crippen molar-refractivity contribution < 1.29 is 19.1 Å². The molecular weight excluding hydrogens is 470 g/mol. The van der Waals surface area contributed by atoms with Crippen LogP contribution in [-0.2, 0) is 9.59 Å². The lowest BCUT2D eigenvalue weighted by molar-refractivity contribution is -0.122. The van der Waals surface area contributed by atoms with Crippen LogP contribution in [0.1, 0.15) is 42.2 Å². The molecule has 4 rings (SSSR count). The quantitative estimate of drug-likeness (QED) is 0.646. The topological polar surface area (TPSA) is 64.6 Å². The van der Waals surface area contributed by atoms with Gasteiger partial charge in [0.25, 0.3) is 0 Å². The number of carbonyl (C=O) groups excluding carboxylic acids is 2. The minimum absolute atomic E-state index is 0.0232. The minimum Gasteiger partial charge on any atom is -0.496 e. The van der Waals surface area contributed by atoms with Gasteiger partial charge >= 0.3 is 0 Å². The van der Waals surface area contributed by atoms with E-state index in [9.17, 15) is 9.59 Å². The average Bonchev–Trinajstić information content (AvgIpc) is 2.72. The van der Waals surface area contributed by atoms with E-state index in [1.165, 1.54) is 0 Å². The van der Waals surface area contributed by atoms with Crippen LogP contribution in [0.25, 0.3) is 0 Å². The standard InChI is InChI=1S/C23H21BrClNO4/c1-29-20-11-16(24)21(30-2)9-14(20)15-10-22(28)26-18-7-12(8-19(27)23(15)18)13-5-3-4-6-17(13)25/h3-6,9,11-12,15H,7-8,10H2,1-2H3,(H,26,28)/t12-,15-/m0/s1. The molecule has 0 bridgehead atoms. The predicted molar refractivity (Wildman–Crippen MR) is 118 cm³/mol. The van der Waals surface area contributed by atoms with Gasteiger partial charge in [0.2, 0.25) is 5.91 Å². The van der Waals surface area contributed by atoms with Gasteiger partial charge in [0.15, 0.2) is 5.78 Å². The number of Topliss-reactive ketones (excluding diaryl/α,β-unsaturated/α-hetero) is 1. The zero-order chi connectivity index (χ0) is 21.4. The summed E-state index contributed by atoms with van der Waals surface area (Å²) in [6.45, 7) is 0. The first-order valence-electron chi connectivity index (χ1n) is 9.64. The van der Waals surface area contributed by atoms with Crippen molar-refractivity contribution in [2.45, 2.75) is 31.1 Å². The highest BCUT2D eigenvalue weighted by Crippen LogP contribution is 2.47. The van der Waals surface area contributed by atoms with Crippen molar-refractivity contribution in [2.75, 3.05) is 14.2 Å². The number of ether oxygens (including phenoxy) is 2. The van der Waals surface area contributed by atoms with Crippen LogP contribution < -0.4 is 14.8 Å². The van der Waals surface area contributed by atoms with Crippen molar-refractivity contribution >= 4 is 39.2 Å². The fourth-order valence-corrected chi connectivity index (χ4v) is 5.18. The number of nitrogens with one attached hydrogen (secondary N) is 1. The molecule has 2 aromatic carbocycles. The Morgan fingerprint density at radius 3 is 2.43 bits per heavy atom. The Morgan fingerprint density at radius 1 is 1.00 bits per heavy atom. The molecule has 0 fully saturated rings. The Hall–Kier alpha value is -2.31. The van der Waals surface area contributed by atoms with Crippen LogP contribution in [0.3, 0.4) is 0 Å². The van der Waals surface area contributed by atoms with Crippen LogP contribution in [0.4, 0.5) is 0 Å². The van der Waals surface area contributed by atoms with E-state index < -0.39 is 0 Å². The normalized spacial score (nSPS) is 21.2. The molecule has 7 heteroatoms. The molecule has 0 radical (unpaired) electrons. The summed E-state index contributed by atoms with van der Waals surface area (Å²) < 4.78 is 11.7. The highest BCUT2D eigenvalue weighted by atomic mass is 79.9. The van der Waals surface area contributed by atoms with Crippen molar-refractivity contribution in [2.24, 2.45) is 0 Å². The summed E-state index contributed by atoms with van der Waals surface area (Å²) in [5, 5.41) is 3.58. The number of hydrogen-bond donors (Lipinski definition) is 1. The molecule has 1 amide bonds. The molecule has 1 aliphatic carbocycles. The van der Waals surface area contributed by atoms with Crippen molar-refractivity contribution in [3.8, 4) is 11.5 Å². The summed E-state index contributed by atoms with van der Waals surface area (Å²) >= 11 is 9.84. The van der Waals surface area contributed by atoms with Gasteiger partial charge in [-0.05, 0) is 52.0 Å². The Balaban J connectivity index is 1.79. The van der Waals surface area contributed by atoms with Crippen LogP contribution in [0, 0.1) is 0 Å². The molecule has 0 unspecified atom stereocenters. The number of ketones is 1. The highest BCUT2D eigenvalue weighted by Gasteiger charge is 2.39. The molecule has 2 aliphatic rings. The number of hydrogen-bond acceptors (Lipinski definition) is 4. The molecule has 0 spiro atoms. The lowest BCUT2D eigenvalue weighted by Gasteiger charge is -2.35. The van der Waals surface area contributed by atoms with Gasteiger partial charge in [0, 0.05) is 40.6 Å². The van der Waals surface area contributed by atoms with E-state index in [-0.39, 0.29) is 29.9 Å². The maximum atomic E-state index is 13.3. The van der Waals surface area contributed by atoms with E-state index >= 15 is 0 Å². The average molecular weight is 491 g/mol. The lowest BCUT2D eigenvalue weighted by Crippen LogP contribution is -2.38. The first-order valence-corrected chi connectivity index (χ1v) is 10.8. The van der Waals surface area contributed by atoms with Crippen LogP contribution in [0.5, 0.6) is 11.5 Å². The number of allylic oxidation sites excluding steroid dienone is 2. The smallest absolute Gasteiger partial charge is 0.225 e. The molecule has 5 nitrogen and oxygen atoms in total. The van der Waals surface area contributed by atoms with Gasteiger partial charge in [-0.15, -0.1) is 0 Å². The predicted octanol–water partition coefficient (Wildman–Crippen LogP) is 5.12. The molecule has 156 valence electrons. The van der Waals surface area contributed by atoms with Gasteiger partial charge in [0.1, 0.15) is 11.5 Å². The number of carbonyl (C=O) groups is 2. The molecule has 0 aromatic heterocycles. The van der Waals surface area contributed by atoms with Gasteiger partial charge in [-0.1, -0.05) is 29.8 Å². The Morgan fingerprint density at radius 2 is 1.73 bits per heavy atom. The van der Waals surface area contributed by atoms with Crippen molar-refractivity contribution in [1.29, 1.82) is 0 Å². The second-order valence-corrected chi connectivity index (χ2v) is 8.74. The maximum Gasteiger partial charge on any atom is 0.225 e. The largest absolute Gasteiger partial charge is 0.496 e. The number of benzene rings is 2. The summed E-state index contributed by atoms with van der Waals surface area (Å²) in [6, 6.07) is 11.2. The third-order valence-electron chi connectivity index (χ3n) is 5.76. The highest BCUT2D eigenvalue weighted by molar-refractivity contribution is 9.10. The maximum absolute atomic E-state index is 13.3. The minimum atomic E-state index is -0.384. The number of amides is 1. The second kappa shape index (κ2) is 8.44. The Kier molecular flexibility index (Phi) is 5.89. The summed E-state index contributed by atoms with van der Waals surface area (Å²) in [5.74, 6) is 0.688. The zero-order valence-corrected chi connectivity index (χ0v) is 19.0. The van der Waals surface area contributed by atoms with Gasteiger partial charge in [-0.3, -0.25) is 9.59 Å². The zero-order valence-electron chi connectivity index (χ0n) is 16.6. The van der Waals surface area contributed by atoms with E-state index in [1.54, 1.807) is 20.3 Å². The summed E-state index contributed by atoms with van der Waals surface area (Å²) in [6.07, 6.45) is 1.09. The summed E-state index contributed by atoms with van der Waals surface area (Å²) in [5.41, 5.74) is 3.03. The van der Waals surface area contributed by atoms with E-state index in [4.69, 9.17) is 21.1 Å². The molecule has 2 aromatic rings. The third-order valence-corrected chi connectivity index (χ3v) is 6.72. The van der Waals surface area contributed by atoms with Gasteiger partial charge < -0.3 is 14.8 Å². The van der Waals surface area contributed by atoms with E-state index in [1.807, 2.05) is 30.3 Å². The molecule has 1 N–H and O–H groups in total. The van der Waals surface area contributed by atoms with E-state index in [2.05, 4.69) is 21.2 Å². The molecule has 2 atom stereocenters. The van der Waals surface area contributed by atoms with Crippen LogP contribution in [-0.4, -0.2) is 25.9 Å². The van der Waals surface area contributed by atoms with Gasteiger partial charge in [-0.25, -0.2) is 0 Å². The molecule has 0 saturated heterocycles. The molecule has 30 heavy (non-hydrogen) atoms. The van der Waals surface area contributed by atoms with Crippen molar-refractivity contribution in [3.05, 3.63) is 68.3 Å². The fraction of sp³-hybridized carbons (Fsp3) is 0.304. The Bertz CT molecular complexity index is 1070. The van der Waals surface area contributed by atoms with Gasteiger partial charge in [0.05, 0.1) is 18.7 Å². The molecule has 1 aliphatic heterocycles. The Labute approximate surface area is 188 Å². The summed E-state index contributed by atoms with van der Waals surface area (Å²) in [7, 11) is 3.15. The first kappa shape index (κ1) is 20.9. The molecule has 0 saturated carbocycles. The lowest BCUT2D eigenvalue weighted by atomic mass is 9.73. The molecular formula is C23H21BrClNO4. The monoisotopic (exact) mass is 489 g/mol. The van der Waals surface area contributed by atoms with Crippen molar-refractivity contribution in [3.63, 3.8) is 0 Å². The van der Waals surface area contributed by atoms with Gasteiger partial charge in [-0.2, -0.15) is 0 Å². The first-order chi connectivity index (χ1) is 14.4. The van der Waals surface area contributed by atoms with E-state index in [0.717, 1.165) is 15.6 Å². The van der Waals surface area contributed by atoms with E-state index in [0.29, 0.717) is 40.6 Å². The number of rotatable bonds is 4. The number of methoxy groups -OCH3 is 2. The van der Waals surface area contributed by atoms with Crippen LogP contribution in [0.15, 0.2) is 52.1 Å². The second-order valence-electron chi connectivity index (χ2n) is 7.48. The summed E-state index contributed by atoms with van der Waals surface area (Å²) in [4.78, 5) is 25.9.